The molecule has 1 aliphatic heterocycles. The zero-order valence-corrected chi connectivity index (χ0v) is 18.7. The van der Waals surface area contributed by atoms with Gasteiger partial charge in [0.2, 0.25) is 5.91 Å². The van der Waals surface area contributed by atoms with Crippen LogP contribution in [0.15, 0.2) is 72.8 Å². The molecular weight excluding hydrogens is 424 g/mol. The third-order valence-corrected chi connectivity index (χ3v) is 6.53. The molecule has 1 aliphatic rings. The third-order valence-electron chi connectivity index (χ3n) is 5.28. The van der Waals surface area contributed by atoms with Gasteiger partial charge in [-0.25, -0.2) is 0 Å². The summed E-state index contributed by atoms with van der Waals surface area (Å²) < 4.78 is 10.6. The largest absolute Gasteiger partial charge is 0.497 e. The summed E-state index contributed by atoms with van der Waals surface area (Å²) in [7, 11) is 3.12. The first kappa shape index (κ1) is 21.8. The number of thioether (sulfide) groups is 1. The molecule has 3 aromatic carbocycles. The maximum Gasteiger partial charge on any atom is 0.255 e. The number of ether oxygens (including phenoxy) is 2. The summed E-state index contributed by atoms with van der Waals surface area (Å²) in [5.74, 6) is 1.50. The quantitative estimate of drug-likeness (QED) is 0.566. The second kappa shape index (κ2) is 9.78. The van der Waals surface area contributed by atoms with E-state index < -0.39 is 0 Å². The van der Waals surface area contributed by atoms with Crippen LogP contribution in [0.25, 0.3) is 0 Å². The minimum absolute atomic E-state index is 0.0710. The lowest BCUT2D eigenvalue weighted by atomic mass is 10.1. The summed E-state index contributed by atoms with van der Waals surface area (Å²) in [5.41, 5.74) is 3.14. The van der Waals surface area contributed by atoms with Crippen LogP contribution in [0, 0.1) is 0 Å². The van der Waals surface area contributed by atoms with Crippen LogP contribution in [-0.4, -0.2) is 36.7 Å². The number of rotatable bonds is 7. The number of methoxy groups -OCH3 is 2. The summed E-state index contributed by atoms with van der Waals surface area (Å²) in [6.07, 6.45) is 0. The van der Waals surface area contributed by atoms with Gasteiger partial charge in [0.1, 0.15) is 16.9 Å². The molecule has 0 unspecified atom stereocenters. The van der Waals surface area contributed by atoms with Crippen LogP contribution in [0.2, 0.25) is 0 Å². The molecule has 1 saturated heterocycles. The summed E-state index contributed by atoms with van der Waals surface area (Å²) in [6.45, 7) is 0.565. The maximum atomic E-state index is 12.8. The van der Waals surface area contributed by atoms with Crippen LogP contribution in [0.4, 0.5) is 5.69 Å². The predicted molar refractivity (Wildman–Crippen MR) is 126 cm³/mol. The highest BCUT2D eigenvalue weighted by Crippen LogP contribution is 2.39. The number of anilines is 1. The fourth-order valence-electron chi connectivity index (χ4n) is 3.59. The van der Waals surface area contributed by atoms with E-state index in [0.29, 0.717) is 35.0 Å². The minimum atomic E-state index is -0.251. The van der Waals surface area contributed by atoms with Crippen molar-refractivity contribution in [2.24, 2.45) is 0 Å². The van der Waals surface area contributed by atoms with Crippen molar-refractivity contribution in [1.29, 1.82) is 0 Å². The van der Waals surface area contributed by atoms with Gasteiger partial charge in [-0.1, -0.05) is 42.5 Å². The number of nitrogens with zero attached hydrogens (tertiary/aromatic N) is 1. The number of carbonyl (C=O) groups is 2. The number of hydrogen-bond acceptors (Lipinski definition) is 5. The molecule has 0 saturated carbocycles. The highest BCUT2D eigenvalue weighted by atomic mass is 32.2. The molecule has 2 amide bonds. The molecular formula is C25H24N2O4S. The van der Waals surface area contributed by atoms with Crippen molar-refractivity contribution < 1.29 is 19.1 Å². The Morgan fingerprint density at radius 3 is 2.47 bits per heavy atom. The van der Waals surface area contributed by atoms with Gasteiger partial charge in [-0.05, 0) is 35.4 Å². The molecule has 0 aromatic heterocycles. The molecule has 0 bridgehead atoms. The lowest BCUT2D eigenvalue weighted by Crippen LogP contribution is -2.27. The standard InChI is InChI=1S/C25H24N2O4S/c1-30-20-12-13-22(31-2)21(14-20)26-24(29)18-8-10-19(11-9-18)25-27(23(28)16-32-25)15-17-6-4-3-5-7-17/h3-14,25H,15-16H2,1-2H3,(H,26,29)/t25-/m1/s1. The fourth-order valence-corrected chi connectivity index (χ4v) is 4.77. The molecule has 164 valence electrons. The van der Waals surface area contributed by atoms with Gasteiger partial charge in [0, 0.05) is 18.2 Å². The highest BCUT2D eigenvalue weighted by molar-refractivity contribution is 8.00. The van der Waals surface area contributed by atoms with Crippen molar-refractivity contribution in [3.05, 3.63) is 89.5 Å². The molecule has 1 atom stereocenters. The lowest BCUT2D eigenvalue weighted by molar-refractivity contribution is -0.128. The molecule has 0 aliphatic carbocycles. The Hall–Kier alpha value is -3.45. The van der Waals surface area contributed by atoms with Crippen LogP contribution in [0.1, 0.15) is 26.9 Å². The van der Waals surface area contributed by atoms with E-state index in [4.69, 9.17) is 9.47 Å². The maximum absolute atomic E-state index is 12.8. The molecule has 7 heteroatoms. The van der Waals surface area contributed by atoms with Crippen molar-refractivity contribution in [2.45, 2.75) is 11.9 Å². The Labute approximate surface area is 191 Å². The zero-order chi connectivity index (χ0) is 22.5. The third kappa shape index (κ3) is 4.73. The van der Waals surface area contributed by atoms with Crippen LogP contribution >= 0.6 is 11.8 Å². The van der Waals surface area contributed by atoms with Crippen LogP contribution in [-0.2, 0) is 11.3 Å². The van der Waals surface area contributed by atoms with E-state index in [2.05, 4.69) is 5.32 Å². The Balaban J connectivity index is 1.49. The van der Waals surface area contributed by atoms with Crippen LogP contribution in [0.5, 0.6) is 11.5 Å². The molecule has 1 fully saturated rings. The molecule has 4 rings (SSSR count). The number of carbonyl (C=O) groups excluding carboxylic acids is 2. The number of benzene rings is 3. The molecule has 1 N–H and O–H groups in total. The van der Waals surface area contributed by atoms with E-state index in [1.54, 1.807) is 56.3 Å². The fraction of sp³-hybridized carbons (Fsp3) is 0.200. The van der Waals surface area contributed by atoms with Gasteiger partial charge in [0.15, 0.2) is 0 Å². The molecule has 3 aromatic rings. The van der Waals surface area contributed by atoms with Gasteiger partial charge < -0.3 is 19.7 Å². The van der Waals surface area contributed by atoms with Gasteiger partial charge >= 0.3 is 0 Å². The summed E-state index contributed by atoms with van der Waals surface area (Å²) >= 11 is 1.60. The van der Waals surface area contributed by atoms with Crippen molar-refractivity contribution in [3.8, 4) is 11.5 Å². The van der Waals surface area contributed by atoms with Crippen molar-refractivity contribution >= 4 is 29.3 Å². The second-order valence-corrected chi connectivity index (χ2v) is 8.38. The highest BCUT2D eigenvalue weighted by Gasteiger charge is 2.32. The van der Waals surface area contributed by atoms with E-state index in [1.807, 2.05) is 47.4 Å². The van der Waals surface area contributed by atoms with Gasteiger partial charge in [-0.15, -0.1) is 11.8 Å². The number of hydrogen-bond donors (Lipinski definition) is 1. The minimum Gasteiger partial charge on any atom is -0.497 e. The summed E-state index contributed by atoms with van der Waals surface area (Å²) in [4.78, 5) is 27.2. The monoisotopic (exact) mass is 448 g/mol. The first-order valence-corrected chi connectivity index (χ1v) is 11.2. The molecule has 6 nitrogen and oxygen atoms in total. The smallest absolute Gasteiger partial charge is 0.255 e. The predicted octanol–water partition coefficient (Wildman–Crippen LogP) is 4.73. The van der Waals surface area contributed by atoms with Gasteiger partial charge in [0.05, 0.1) is 25.7 Å². The van der Waals surface area contributed by atoms with Crippen molar-refractivity contribution in [3.63, 3.8) is 0 Å². The topological polar surface area (TPSA) is 67.9 Å². The van der Waals surface area contributed by atoms with Gasteiger partial charge in [0.25, 0.3) is 5.91 Å². The Morgan fingerprint density at radius 2 is 1.78 bits per heavy atom. The summed E-state index contributed by atoms with van der Waals surface area (Å²) in [5, 5.41) is 2.81. The first-order valence-electron chi connectivity index (χ1n) is 10.2. The van der Waals surface area contributed by atoms with E-state index in [1.165, 1.54) is 0 Å². The van der Waals surface area contributed by atoms with Crippen molar-refractivity contribution in [2.75, 3.05) is 25.3 Å². The average molecular weight is 449 g/mol. The Morgan fingerprint density at radius 1 is 1.03 bits per heavy atom. The van der Waals surface area contributed by atoms with Gasteiger partial charge in [-0.2, -0.15) is 0 Å². The van der Waals surface area contributed by atoms with Gasteiger partial charge in [-0.3, -0.25) is 9.59 Å². The van der Waals surface area contributed by atoms with E-state index >= 15 is 0 Å². The second-order valence-electron chi connectivity index (χ2n) is 7.31. The first-order chi connectivity index (χ1) is 15.6. The van der Waals surface area contributed by atoms with E-state index in [9.17, 15) is 9.59 Å². The summed E-state index contributed by atoms with van der Waals surface area (Å²) in [6, 6.07) is 22.6. The van der Waals surface area contributed by atoms with E-state index in [0.717, 1.165) is 11.1 Å². The SMILES string of the molecule is COc1ccc(OC)c(NC(=O)c2ccc([C@H]3SCC(=O)N3Cc3ccccc3)cc2)c1. The van der Waals surface area contributed by atoms with Crippen LogP contribution < -0.4 is 14.8 Å². The van der Waals surface area contributed by atoms with E-state index in [-0.39, 0.29) is 17.2 Å². The normalized spacial score (nSPS) is 15.5. The number of nitrogens with one attached hydrogen (secondary N) is 1. The van der Waals surface area contributed by atoms with Crippen LogP contribution in [0.3, 0.4) is 0 Å². The Bertz CT molecular complexity index is 1100. The molecule has 1 heterocycles. The molecule has 0 radical (unpaired) electrons. The van der Waals surface area contributed by atoms with Crippen molar-refractivity contribution in [1.82, 2.24) is 4.90 Å². The number of amides is 2. The molecule has 0 spiro atoms. The average Bonchev–Trinajstić information content (AvgIpc) is 3.19. The molecule has 32 heavy (non-hydrogen) atoms. The zero-order valence-electron chi connectivity index (χ0n) is 17.9. The lowest BCUT2D eigenvalue weighted by Gasteiger charge is -2.24. The Kier molecular flexibility index (Phi) is 6.66.